The first-order chi connectivity index (χ1) is 12.4. The summed E-state index contributed by atoms with van der Waals surface area (Å²) in [6.07, 6.45) is 10.3. The fraction of sp³-hybridized carbons (Fsp3) is 0.0500. The van der Waals surface area contributed by atoms with Gasteiger partial charge in [-0.1, -0.05) is 36.4 Å². The molecule has 5 nitrogen and oxygen atoms in total. The molecule has 0 aliphatic rings. The van der Waals surface area contributed by atoms with Gasteiger partial charge in [-0.05, 0) is 23.8 Å². The third-order valence-corrected chi connectivity index (χ3v) is 4.10. The molecule has 0 aliphatic carbocycles. The van der Waals surface area contributed by atoms with Crippen LogP contribution in [0.5, 0.6) is 0 Å². The van der Waals surface area contributed by atoms with Crippen molar-refractivity contribution in [3.05, 3.63) is 115 Å². The Bertz CT molecular complexity index is 765. The van der Waals surface area contributed by atoms with Crippen LogP contribution in [0, 0.1) is 0 Å². The maximum Gasteiger partial charge on any atom is 0.150 e. The van der Waals surface area contributed by atoms with Gasteiger partial charge in [-0.3, -0.25) is 15.0 Å². The summed E-state index contributed by atoms with van der Waals surface area (Å²) >= 11 is 0. The molecule has 0 saturated carbocycles. The van der Waals surface area contributed by atoms with Crippen molar-refractivity contribution in [2.75, 3.05) is 0 Å². The van der Waals surface area contributed by atoms with E-state index < -0.39 is 5.41 Å². The predicted octanol–water partition coefficient (Wildman–Crippen LogP) is 3.04. The first-order valence-corrected chi connectivity index (χ1v) is 7.93. The van der Waals surface area contributed by atoms with Gasteiger partial charge in [0.05, 0.1) is 17.6 Å². The lowest BCUT2D eigenvalue weighted by Crippen LogP contribution is -2.35. The van der Waals surface area contributed by atoms with Crippen molar-refractivity contribution in [2.45, 2.75) is 5.41 Å². The molecule has 1 aromatic carbocycles. The van der Waals surface area contributed by atoms with Gasteiger partial charge in [-0.2, -0.15) is 0 Å². The van der Waals surface area contributed by atoms with Crippen molar-refractivity contribution in [2.24, 2.45) is 0 Å². The molecule has 120 valence electrons. The van der Waals surface area contributed by atoms with E-state index >= 15 is 0 Å². The van der Waals surface area contributed by atoms with Gasteiger partial charge < -0.3 is 0 Å². The molecule has 1 atom stereocenters. The summed E-state index contributed by atoms with van der Waals surface area (Å²) in [6.45, 7) is 0. The van der Waals surface area contributed by atoms with Gasteiger partial charge in [0.25, 0.3) is 0 Å². The van der Waals surface area contributed by atoms with E-state index in [9.17, 15) is 0 Å². The molecule has 0 spiro atoms. The molecule has 0 N–H and O–H groups in total. The van der Waals surface area contributed by atoms with Crippen molar-refractivity contribution in [1.29, 1.82) is 0 Å². The zero-order valence-electron chi connectivity index (χ0n) is 13.4. The van der Waals surface area contributed by atoms with Crippen molar-refractivity contribution in [1.82, 2.24) is 24.9 Å². The molecule has 5 heteroatoms. The second kappa shape index (κ2) is 6.57. The standard InChI is InChI=1S/C20H15N5/c1-2-7-16(8-3-1)20(17-9-4-5-10-22-17,18-15-21-13-14-23-18)19-24-11-6-12-25-19/h1-15H. The summed E-state index contributed by atoms with van der Waals surface area (Å²) in [4.78, 5) is 22.6. The first-order valence-electron chi connectivity index (χ1n) is 7.93. The minimum absolute atomic E-state index is 0.611. The number of hydrogen-bond acceptors (Lipinski definition) is 5. The molecule has 4 aromatic rings. The van der Waals surface area contributed by atoms with Gasteiger partial charge in [0.15, 0.2) is 5.82 Å². The molecule has 0 bridgehead atoms. The topological polar surface area (TPSA) is 64.5 Å². The summed E-state index contributed by atoms with van der Waals surface area (Å²) in [5.74, 6) is 0.611. The van der Waals surface area contributed by atoms with Gasteiger partial charge in [-0.25, -0.2) is 9.97 Å². The van der Waals surface area contributed by atoms with Crippen LogP contribution in [0.4, 0.5) is 0 Å². The van der Waals surface area contributed by atoms with Crippen LogP contribution in [0.1, 0.15) is 22.8 Å². The van der Waals surface area contributed by atoms with E-state index in [1.807, 2.05) is 48.5 Å². The average Bonchev–Trinajstić information content (AvgIpc) is 2.72. The van der Waals surface area contributed by atoms with Crippen LogP contribution < -0.4 is 0 Å². The normalized spacial score (nSPS) is 13.1. The zero-order valence-corrected chi connectivity index (χ0v) is 13.4. The summed E-state index contributed by atoms with van der Waals surface area (Å²) < 4.78 is 0. The first kappa shape index (κ1) is 15.1. The minimum atomic E-state index is -0.835. The smallest absolute Gasteiger partial charge is 0.150 e. The molecule has 0 saturated heterocycles. The van der Waals surface area contributed by atoms with Gasteiger partial charge in [0.2, 0.25) is 0 Å². The highest BCUT2D eigenvalue weighted by molar-refractivity contribution is 5.51. The second-order valence-corrected chi connectivity index (χ2v) is 5.49. The SMILES string of the molecule is c1ccc(C(c2ccccn2)(c2cnccn2)c2ncccn2)cc1. The van der Waals surface area contributed by atoms with E-state index in [4.69, 9.17) is 0 Å². The molecule has 1 unspecified atom stereocenters. The largest absolute Gasteiger partial charge is 0.261 e. The fourth-order valence-electron chi connectivity index (χ4n) is 3.04. The number of pyridine rings is 1. The van der Waals surface area contributed by atoms with E-state index in [2.05, 4.69) is 24.9 Å². The summed E-state index contributed by atoms with van der Waals surface area (Å²) in [7, 11) is 0. The molecular formula is C20H15N5. The van der Waals surface area contributed by atoms with E-state index in [1.165, 1.54) is 0 Å². The molecule has 3 aromatic heterocycles. The van der Waals surface area contributed by atoms with E-state index in [0.717, 1.165) is 17.0 Å². The Kier molecular flexibility index (Phi) is 3.96. The summed E-state index contributed by atoms with van der Waals surface area (Å²) in [5.41, 5.74) is 1.68. The van der Waals surface area contributed by atoms with Crippen LogP contribution in [0.3, 0.4) is 0 Å². The third kappa shape index (κ3) is 2.55. The van der Waals surface area contributed by atoms with Gasteiger partial charge in [0.1, 0.15) is 5.41 Å². The van der Waals surface area contributed by atoms with Crippen LogP contribution >= 0.6 is 0 Å². The van der Waals surface area contributed by atoms with E-state index in [-0.39, 0.29) is 0 Å². The molecule has 0 radical (unpaired) electrons. The Balaban J connectivity index is 2.13. The highest BCUT2D eigenvalue weighted by Crippen LogP contribution is 2.40. The number of aromatic nitrogens is 5. The Morgan fingerprint density at radius 3 is 1.96 bits per heavy atom. The van der Waals surface area contributed by atoms with Gasteiger partial charge in [-0.15, -0.1) is 0 Å². The van der Waals surface area contributed by atoms with Crippen LogP contribution in [0.15, 0.2) is 91.8 Å². The minimum Gasteiger partial charge on any atom is -0.261 e. The number of benzene rings is 1. The Morgan fingerprint density at radius 2 is 1.28 bits per heavy atom. The maximum absolute atomic E-state index is 4.63. The lowest BCUT2D eigenvalue weighted by Gasteiger charge is -2.31. The molecule has 4 rings (SSSR count). The monoisotopic (exact) mass is 325 g/mol. The van der Waals surface area contributed by atoms with Crippen molar-refractivity contribution in [3.8, 4) is 0 Å². The fourth-order valence-corrected chi connectivity index (χ4v) is 3.04. The maximum atomic E-state index is 4.63. The molecule has 0 amide bonds. The molecular weight excluding hydrogens is 310 g/mol. The number of hydrogen-bond donors (Lipinski definition) is 0. The lowest BCUT2D eigenvalue weighted by molar-refractivity contribution is 0.631. The van der Waals surface area contributed by atoms with Gasteiger partial charge >= 0.3 is 0 Å². The van der Waals surface area contributed by atoms with Crippen LogP contribution in [0.2, 0.25) is 0 Å². The predicted molar refractivity (Wildman–Crippen MR) is 93.7 cm³/mol. The summed E-state index contributed by atoms with van der Waals surface area (Å²) in [6, 6.07) is 17.7. The molecule has 0 aliphatic heterocycles. The van der Waals surface area contributed by atoms with E-state index in [1.54, 1.807) is 43.2 Å². The van der Waals surface area contributed by atoms with Crippen LogP contribution in [-0.4, -0.2) is 24.9 Å². The van der Waals surface area contributed by atoms with Crippen LogP contribution in [-0.2, 0) is 5.41 Å². The van der Waals surface area contributed by atoms with Crippen molar-refractivity contribution >= 4 is 0 Å². The Morgan fingerprint density at radius 1 is 0.560 bits per heavy atom. The molecule has 3 heterocycles. The lowest BCUT2D eigenvalue weighted by atomic mass is 9.73. The molecule has 0 fully saturated rings. The highest BCUT2D eigenvalue weighted by atomic mass is 14.9. The second-order valence-electron chi connectivity index (χ2n) is 5.49. The van der Waals surface area contributed by atoms with Crippen molar-refractivity contribution in [3.63, 3.8) is 0 Å². The third-order valence-electron chi connectivity index (χ3n) is 4.10. The zero-order chi connectivity index (χ0) is 17.0. The van der Waals surface area contributed by atoms with Crippen LogP contribution in [0.25, 0.3) is 0 Å². The Labute approximate surface area is 145 Å². The molecule has 25 heavy (non-hydrogen) atoms. The number of nitrogens with zero attached hydrogens (tertiary/aromatic N) is 5. The van der Waals surface area contributed by atoms with Gasteiger partial charge in [0, 0.05) is 31.0 Å². The average molecular weight is 325 g/mol. The quantitative estimate of drug-likeness (QED) is 0.577. The summed E-state index contributed by atoms with van der Waals surface area (Å²) in [5, 5.41) is 0. The highest BCUT2D eigenvalue weighted by Gasteiger charge is 2.43. The van der Waals surface area contributed by atoms with Crippen molar-refractivity contribution < 1.29 is 0 Å². The Hall–Kier alpha value is -3.47. The number of rotatable bonds is 4. The van der Waals surface area contributed by atoms with E-state index in [0.29, 0.717) is 5.82 Å².